The highest BCUT2D eigenvalue weighted by Crippen LogP contribution is 2.25. The van der Waals surface area contributed by atoms with Gasteiger partial charge in [-0.05, 0) is 29.8 Å². The Kier molecular flexibility index (Phi) is 4.79. The lowest BCUT2D eigenvalue weighted by atomic mass is 10.1. The first-order valence-corrected chi connectivity index (χ1v) is 6.57. The van der Waals surface area contributed by atoms with Crippen LogP contribution in [0, 0.1) is 17.1 Å². The van der Waals surface area contributed by atoms with E-state index in [0.29, 0.717) is 11.1 Å². The van der Waals surface area contributed by atoms with Gasteiger partial charge in [0.15, 0.2) is 0 Å². The molecule has 0 aliphatic carbocycles. The van der Waals surface area contributed by atoms with Gasteiger partial charge in [0.1, 0.15) is 12.4 Å². The van der Waals surface area contributed by atoms with Crippen LogP contribution in [0.4, 0.5) is 4.39 Å². The molecule has 0 aliphatic heterocycles. The van der Waals surface area contributed by atoms with Gasteiger partial charge in [-0.25, -0.2) is 9.18 Å². The van der Waals surface area contributed by atoms with Crippen molar-refractivity contribution in [3.8, 4) is 6.07 Å². The first kappa shape index (κ1) is 15.3. The molecule has 0 saturated heterocycles. The Balaban J connectivity index is 2.08. The van der Waals surface area contributed by atoms with Gasteiger partial charge in [-0.3, -0.25) is 0 Å². The number of carbonyl (C=O) groups excluding carboxylic acids is 1. The first-order chi connectivity index (χ1) is 10.0. The summed E-state index contributed by atoms with van der Waals surface area (Å²) in [5.41, 5.74) is 1.12. The van der Waals surface area contributed by atoms with E-state index < -0.39 is 11.8 Å². The smallest absolute Gasteiger partial charge is 0.340 e. The summed E-state index contributed by atoms with van der Waals surface area (Å²) in [7, 11) is 0. The highest BCUT2D eigenvalue weighted by atomic mass is 35.5. The Hall–Kier alpha value is -2.09. The van der Waals surface area contributed by atoms with Crippen LogP contribution in [-0.2, 0) is 11.3 Å². The van der Waals surface area contributed by atoms with Crippen molar-refractivity contribution in [2.75, 3.05) is 0 Å². The van der Waals surface area contributed by atoms with E-state index in [4.69, 9.17) is 33.2 Å². The maximum atomic E-state index is 13.3. The average Bonchev–Trinajstić information content (AvgIpc) is 2.49. The summed E-state index contributed by atoms with van der Waals surface area (Å²) in [4.78, 5) is 11.9. The van der Waals surface area contributed by atoms with Gasteiger partial charge in [-0.1, -0.05) is 35.3 Å². The predicted octanol–water partition coefficient (Wildman–Crippen LogP) is 4.36. The maximum Gasteiger partial charge on any atom is 0.340 e. The van der Waals surface area contributed by atoms with Crippen molar-refractivity contribution in [1.29, 1.82) is 5.26 Å². The van der Waals surface area contributed by atoms with Crippen molar-refractivity contribution < 1.29 is 13.9 Å². The van der Waals surface area contributed by atoms with Crippen LogP contribution in [0.5, 0.6) is 0 Å². The van der Waals surface area contributed by atoms with Crippen LogP contribution in [0.1, 0.15) is 21.5 Å². The summed E-state index contributed by atoms with van der Waals surface area (Å²) in [5, 5.41) is 8.53. The Labute approximate surface area is 130 Å². The van der Waals surface area contributed by atoms with Gasteiger partial charge in [-0.2, -0.15) is 5.26 Å². The third-order valence-electron chi connectivity index (χ3n) is 2.68. The Morgan fingerprint density at radius 3 is 2.48 bits per heavy atom. The molecule has 0 saturated carbocycles. The fourth-order valence-electron chi connectivity index (χ4n) is 1.58. The Morgan fingerprint density at radius 2 is 1.86 bits per heavy atom. The molecule has 0 radical (unpaired) electrons. The summed E-state index contributed by atoms with van der Waals surface area (Å²) in [6.45, 7) is -0.00881. The minimum Gasteiger partial charge on any atom is -0.457 e. The summed E-state index contributed by atoms with van der Waals surface area (Å²) in [6, 6.07) is 10.6. The number of halogens is 3. The molecule has 0 heterocycles. The number of benzene rings is 2. The largest absolute Gasteiger partial charge is 0.457 e. The molecule has 0 fully saturated rings. The molecule has 21 heavy (non-hydrogen) atoms. The zero-order chi connectivity index (χ0) is 15.4. The second-order valence-electron chi connectivity index (χ2n) is 4.13. The Morgan fingerprint density at radius 1 is 1.19 bits per heavy atom. The number of ether oxygens (including phenoxy) is 1. The van der Waals surface area contributed by atoms with E-state index in [1.165, 1.54) is 0 Å². The van der Waals surface area contributed by atoms with Crippen molar-refractivity contribution in [2.24, 2.45) is 0 Å². The summed E-state index contributed by atoms with van der Waals surface area (Å²) in [5.74, 6) is -1.49. The molecule has 0 spiro atoms. The molecule has 2 aromatic carbocycles. The standard InChI is InChI=1S/C15H8Cl2FNO2/c16-12-6-13(17)14(18)5-11(12)15(20)21-8-10-3-1-9(7-19)2-4-10/h1-6H,8H2. The highest BCUT2D eigenvalue weighted by Gasteiger charge is 2.15. The molecule has 0 bridgehead atoms. The van der Waals surface area contributed by atoms with Crippen LogP contribution in [0.2, 0.25) is 10.0 Å². The molecule has 0 aliphatic rings. The molecule has 6 heteroatoms. The zero-order valence-corrected chi connectivity index (χ0v) is 12.1. The molecule has 0 unspecified atom stereocenters. The third kappa shape index (κ3) is 3.72. The van der Waals surface area contributed by atoms with E-state index in [9.17, 15) is 9.18 Å². The van der Waals surface area contributed by atoms with E-state index in [1.54, 1.807) is 24.3 Å². The highest BCUT2D eigenvalue weighted by molar-refractivity contribution is 6.36. The van der Waals surface area contributed by atoms with Gasteiger partial charge in [0.25, 0.3) is 0 Å². The first-order valence-electron chi connectivity index (χ1n) is 5.82. The van der Waals surface area contributed by atoms with Crippen molar-refractivity contribution in [1.82, 2.24) is 0 Å². The normalized spacial score (nSPS) is 10.0. The Bertz CT molecular complexity index is 724. The van der Waals surface area contributed by atoms with E-state index in [2.05, 4.69) is 0 Å². The van der Waals surface area contributed by atoms with Crippen molar-refractivity contribution in [3.63, 3.8) is 0 Å². The van der Waals surface area contributed by atoms with Crippen LogP contribution in [0.25, 0.3) is 0 Å². The molecule has 0 amide bonds. The van der Waals surface area contributed by atoms with Crippen molar-refractivity contribution >= 4 is 29.2 Å². The van der Waals surface area contributed by atoms with E-state index in [1.807, 2.05) is 6.07 Å². The average molecular weight is 324 g/mol. The molecule has 0 aromatic heterocycles. The van der Waals surface area contributed by atoms with Crippen molar-refractivity contribution in [2.45, 2.75) is 6.61 Å². The van der Waals surface area contributed by atoms with Gasteiger partial charge in [-0.15, -0.1) is 0 Å². The molecule has 106 valence electrons. The van der Waals surface area contributed by atoms with E-state index >= 15 is 0 Å². The summed E-state index contributed by atoms with van der Waals surface area (Å²) < 4.78 is 18.4. The third-order valence-corrected chi connectivity index (χ3v) is 3.29. The molecule has 0 atom stereocenters. The summed E-state index contributed by atoms with van der Waals surface area (Å²) >= 11 is 11.4. The number of hydrogen-bond acceptors (Lipinski definition) is 3. The maximum absolute atomic E-state index is 13.3. The molecular weight excluding hydrogens is 316 g/mol. The monoisotopic (exact) mass is 323 g/mol. The quantitative estimate of drug-likeness (QED) is 0.622. The van der Waals surface area contributed by atoms with Gasteiger partial charge >= 0.3 is 5.97 Å². The zero-order valence-electron chi connectivity index (χ0n) is 10.6. The minimum absolute atomic E-state index is 0.00881. The number of esters is 1. The second kappa shape index (κ2) is 6.57. The second-order valence-corrected chi connectivity index (χ2v) is 4.95. The minimum atomic E-state index is -0.750. The number of nitrogens with zero attached hydrogens (tertiary/aromatic N) is 1. The van der Waals surface area contributed by atoms with E-state index in [-0.39, 0.29) is 22.2 Å². The van der Waals surface area contributed by atoms with Gasteiger partial charge in [0.05, 0.1) is 27.2 Å². The van der Waals surface area contributed by atoms with Crippen LogP contribution in [-0.4, -0.2) is 5.97 Å². The van der Waals surface area contributed by atoms with Gasteiger partial charge in [0.2, 0.25) is 0 Å². The van der Waals surface area contributed by atoms with Crippen molar-refractivity contribution in [3.05, 3.63) is 69.0 Å². The molecule has 2 aromatic rings. The van der Waals surface area contributed by atoms with E-state index in [0.717, 1.165) is 12.1 Å². The van der Waals surface area contributed by atoms with Crippen LogP contribution in [0.15, 0.2) is 36.4 Å². The lowest BCUT2D eigenvalue weighted by molar-refractivity contribution is 0.0472. The molecule has 2 rings (SSSR count). The number of carbonyl (C=O) groups is 1. The topological polar surface area (TPSA) is 50.1 Å². The lowest BCUT2D eigenvalue weighted by Crippen LogP contribution is -2.06. The predicted molar refractivity (Wildman–Crippen MR) is 76.7 cm³/mol. The number of nitriles is 1. The van der Waals surface area contributed by atoms with Crippen LogP contribution in [0.3, 0.4) is 0 Å². The van der Waals surface area contributed by atoms with Gasteiger partial charge in [0, 0.05) is 0 Å². The fourth-order valence-corrected chi connectivity index (χ4v) is 2.04. The SMILES string of the molecule is N#Cc1ccc(COC(=O)c2cc(F)c(Cl)cc2Cl)cc1. The van der Waals surface area contributed by atoms with Crippen LogP contribution >= 0.6 is 23.2 Å². The fraction of sp³-hybridized carbons (Fsp3) is 0.0667. The summed E-state index contributed by atoms with van der Waals surface area (Å²) in [6.07, 6.45) is 0. The van der Waals surface area contributed by atoms with Crippen LogP contribution < -0.4 is 0 Å². The van der Waals surface area contributed by atoms with Gasteiger partial charge < -0.3 is 4.74 Å². The molecule has 3 nitrogen and oxygen atoms in total. The number of rotatable bonds is 3. The lowest BCUT2D eigenvalue weighted by Gasteiger charge is -2.07. The molecule has 0 N–H and O–H groups in total. The molecular formula is C15H8Cl2FNO2. The number of hydrogen-bond donors (Lipinski definition) is 0.